The van der Waals surface area contributed by atoms with Gasteiger partial charge in [0, 0.05) is 0 Å². The van der Waals surface area contributed by atoms with E-state index >= 15 is 0 Å². The van der Waals surface area contributed by atoms with Gasteiger partial charge in [0.1, 0.15) is 11.7 Å². The van der Waals surface area contributed by atoms with Crippen LogP contribution in [0.1, 0.15) is 22.8 Å². The number of carbonyl (C=O) groups excluding carboxylic acids is 3. The number of aromatic hydroxyl groups is 1. The van der Waals surface area contributed by atoms with Gasteiger partial charge in [0.15, 0.2) is 17.6 Å². The van der Waals surface area contributed by atoms with E-state index in [9.17, 15) is 24.6 Å². The third-order valence-corrected chi connectivity index (χ3v) is 3.73. The number of rotatable bonds is 6. The largest absolute Gasteiger partial charge is 0.504 e. The van der Waals surface area contributed by atoms with Crippen LogP contribution in [0.4, 0.5) is 0 Å². The van der Waals surface area contributed by atoms with Gasteiger partial charge in [0.2, 0.25) is 6.10 Å². The van der Waals surface area contributed by atoms with E-state index in [4.69, 9.17) is 14.6 Å². The van der Waals surface area contributed by atoms with E-state index in [1.165, 1.54) is 19.2 Å². The van der Waals surface area contributed by atoms with E-state index < -0.39 is 42.6 Å². The van der Waals surface area contributed by atoms with Crippen LogP contribution >= 0.6 is 0 Å². The Morgan fingerprint density at radius 1 is 1.38 bits per heavy atom. The van der Waals surface area contributed by atoms with Gasteiger partial charge in [-0.1, -0.05) is 18.2 Å². The molecule has 1 aromatic carbocycles. The standard InChI is InChI=1S/C17H18O9/c1-3-4-8-5-6-9(19)13(24-2)11(8)16(22)26-15-12(21)17(23)25-14(15)10(20)7-18/h3-6,10,14-15,18-20H,7H2,1-2H3/t10-,14+,15?/m0/s1. The van der Waals surface area contributed by atoms with Crippen molar-refractivity contribution in [3.8, 4) is 11.5 Å². The molecule has 2 rings (SSSR count). The quantitative estimate of drug-likeness (QED) is 0.461. The Morgan fingerprint density at radius 3 is 2.65 bits per heavy atom. The Hall–Kier alpha value is -2.91. The molecule has 1 fully saturated rings. The van der Waals surface area contributed by atoms with Gasteiger partial charge in [-0.2, -0.15) is 0 Å². The third-order valence-electron chi connectivity index (χ3n) is 3.73. The van der Waals surface area contributed by atoms with Gasteiger partial charge >= 0.3 is 11.9 Å². The number of ketones is 1. The van der Waals surface area contributed by atoms with E-state index in [0.29, 0.717) is 5.56 Å². The Labute approximate surface area is 148 Å². The minimum atomic E-state index is -1.73. The molecule has 26 heavy (non-hydrogen) atoms. The van der Waals surface area contributed by atoms with Gasteiger partial charge < -0.3 is 29.5 Å². The Morgan fingerprint density at radius 2 is 2.08 bits per heavy atom. The molecule has 1 saturated heterocycles. The molecule has 9 nitrogen and oxygen atoms in total. The maximum atomic E-state index is 12.6. The molecule has 0 amide bonds. The molecule has 3 atom stereocenters. The minimum Gasteiger partial charge on any atom is -0.504 e. The number of esters is 2. The zero-order chi connectivity index (χ0) is 19.4. The second-order valence-electron chi connectivity index (χ2n) is 5.39. The lowest BCUT2D eigenvalue weighted by Crippen LogP contribution is -2.42. The summed E-state index contributed by atoms with van der Waals surface area (Å²) in [5, 5.41) is 28.6. The molecular weight excluding hydrogens is 348 g/mol. The summed E-state index contributed by atoms with van der Waals surface area (Å²) in [6, 6.07) is 2.75. The van der Waals surface area contributed by atoms with Crippen molar-refractivity contribution < 1.29 is 43.9 Å². The lowest BCUT2D eigenvalue weighted by molar-refractivity contribution is -0.152. The van der Waals surface area contributed by atoms with Crippen LogP contribution in [-0.2, 0) is 19.1 Å². The fraction of sp³-hybridized carbons (Fsp3) is 0.353. The number of Topliss-reactive ketones (excluding diaryl/α,β-unsaturated/α-hetero) is 1. The average molecular weight is 366 g/mol. The maximum absolute atomic E-state index is 12.6. The third kappa shape index (κ3) is 3.53. The van der Waals surface area contributed by atoms with Gasteiger partial charge in [-0.15, -0.1) is 0 Å². The SMILES string of the molecule is CC=Cc1ccc(O)c(OC)c1C(=O)OC1C(=O)C(=O)O[C@@H]1[C@@H](O)CO. The molecule has 1 aromatic rings. The average Bonchev–Trinajstić information content (AvgIpc) is 2.90. The number of carbonyl (C=O) groups is 3. The monoisotopic (exact) mass is 366 g/mol. The van der Waals surface area contributed by atoms with E-state index in [-0.39, 0.29) is 17.1 Å². The number of hydrogen-bond donors (Lipinski definition) is 3. The lowest BCUT2D eigenvalue weighted by Gasteiger charge is -2.21. The smallest absolute Gasteiger partial charge is 0.379 e. The molecule has 1 aliphatic rings. The van der Waals surface area contributed by atoms with Crippen LogP contribution in [0, 0.1) is 0 Å². The summed E-state index contributed by atoms with van der Waals surface area (Å²) < 4.78 is 14.8. The fourth-order valence-electron chi connectivity index (χ4n) is 2.51. The van der Waals surface area contributed by atoms with Crippen LogP contribution in [0.15, 0.2) is 18.2 Å². The number of benzene rings is 1. The van der Waals surface area contributed by atoms with Crippen LogP contribution in [0.5, 0.6) is 11.5 Å². The topological polar surface area (TPSA) is 140 Å². The molecule has 0 aliphatic carbocycles. The first kappa shape index (κ1) is 19.4. The zero-order valence-corrected chi connectivity index (χ0v) is 14.0. The minimum absolute atomic E-state index is 0.171. The maximum Gasteiger partial charge on any atom is 0.379 e. The number of hydrogen-bond acceptors (Lipinski definition) is 9. The van der Waals surface area contributed by atoms with Gasteiger partial charge in [-0.05, 0) is 18.6 Å². The molecule has 0 saturated carbocycles. The Bertz CT molecular complexity index is 753. The van der Waals surface area contributed by atoms with Crippen molar-refractivity contribution in [3.63, 3.8) is 0 Å². The van der Waals surface area contributed by atoms with Crippen LogP contribution in [-0.4, -0.2) is 65.1 Å². The molecule has 1 heterocycles. The number of phenolic OH excluding ortho intramolecular Hbond substituents is 1. The Kier molecular flexibility index (Phi) is 5.96. The predicted molar refractivity (Wildman–Crippen MR) is 86.5 cm³/mol. The zero-order valence-electron chi connectivity index (χ0n) is 14.0. The molecule has 1 aliphatic heterocycles. The first-order valence-corrected chi connectivity index (χ1v) is 7.63. The van der Waals surface area contributed by atoms with Crippen molar-refractivity contribution in [2.24, 2.45) is 0 Å². The highest BCUT2D eigenvalue weighted by atomic mass is 16.6. The van der Waals surface area contributed by atoms with Crippen molar-refractivity contribution in [1.29, 1.82) is 0 Å². The van der Waals surface area contributed by atoms with E-state index in [1.54, 1.807) is 19.1 Å². The summed E-state index contributed by atoms with van der Waals surface area (Å²) in [6.45, 7) is 0.896. The summed E-state index contributed by atoms with van der Waals surface area (Å²) in [7, 11) is 1.23. The summed E-state index contributed by atoms with van der Waals surface area (Å²) in [6.07, 6.45) is -1.69. The van der Waals surface area contributed by atoms with Crippen molar-refractivity contribution in [3.05, 3.63) is 29.3 Å². The van der Waals surface area contributed by atoms with Crippen molar-refractivity contribution in [1.82, 2.24) is 0 Å². The molecule has 0 bridgehead atoms. The molecule has 0 radical (unpaired) electrons. The van der Waals surface area contributed by atoms with Crippen LogP contribution < -0.4 is 4.74 Å². The highest BCUT2D eigenvalue weighted by Gasteiger charge is 2.50. The molecule has 140 valence electrons. The number of ether oxygens (including phenoxy) is 3. The summed E-state index contributed by atoms with van der Waals surface area (Å²) >= 11 is 0. The van der Waals surface area contributed by atoms with Crippen LogP contribution in [0.2, 0.25) is 0 Å². The van der Waals surface area contributed by atoms with Crippen LogP contribution in [0.25, 0.3) is 6.08 Å². The second kappa shape index (κ2) is 7.98. The van der Waals surface area contributed by atoms with E-state index in [0.717, 1.165) is 0 Å². The summed E-state index contributed by atoms with van der Waals surface area (Å²) in [5.74, 6) is -4.02. The molecule has 3 N–H and O–H groups in total. The highest BCUT2D eigenvalue weighted by Crippen LogP contribution is 2.34. The first-order chi connectivity index (χ1) is 12.3. The number of cyclic esters (lactones) is 1. The number of phenols is 1. The summed E-state index contributed by atoms with van der Waals surface area (Å²) in [5.41, 5.74) is 0.166. The molecule has 0 spiro atoms. The van der Waals surface area contributed by atoms with Gasteiger partial charge in [0.05, 0.1) is 13.7 Å². The van der Waals surface area contributed by atoms with Gasteiger partial charge in [-0.25, -0.2) is 9.59 Å². The molecule has 9 heteroatoms. The number of methoxy groups -OCH3 is 1. The van der Waals surface area contributed by atoms with Gasteiger partial charge in [0.25, 0.3) is 5.78 Å². The second-order valence-corrected chi connectivity index (χ2v) is 5.39. The van der Waals surface area contributed by atoms with Gasteiger partial charge in [-0.3, -0.25) is 4.79 Å². The lowest BCUT2D eigenvalue weighted by atomic mass is 10.0. The number of aliphatic hydroxyl groups excluding tert-OH is 2. The number of allylic oxidation sites excluding steroid dienone is 1. The normalized spacial score (nSPS) is 20.9. The van der Waals surface area contributed by atoms with Crippen molar-refractivity contribution >= 4 is 23.8 Å². The van der Waals surface area contributed by atoms with Crippen molar-refractivity contribution in [2.75, 3.05) is 13.7 Å². The van der Waals surface area contributed by atoms with Crippen molar-refractivity contribution in [2.45, 2.75) is 25.2 Å². The molecular formula is C17H18O9. The first-order valence-electron chi connectivity index (χ1n) is 7.63. The van der Waals surface area contributed by atoms with E-state index in [2.05, 4.69) is 4.74 Å². The predicted octanol–water partition coefficient (Wildman–Crippen LogP) is -0.193. The molecule has 1 unspecified atom stereocenters. The van der Waals surface area contributed by atoms with Crippen LogP contribution in [0.3, 0.4) is 0 Å². The summed E-state index contributed by atoms with van der Waals surface area (Å²) in [4.78, 5) is 36.0. The fourth-order valence-corrected chi connectivity index (χ4v) is 2.51. The highest BCUT2D eigenvalue weighted by molar-refractivity contribution is 6.37. The molecule has 0 aromatic heterocycles. The van der Waals surface area contributed by atoms with E-state index in [1.807, 2.05) is 0 Å². The number of aliphatic hydroxyl groups is 2. The Balaban J connectivity index is 2.41.